The molecular weight excluding hydrogens is 540 g/mol. The van der Waals surface area contributed by atoms with Crippen LogP contribution < -0.4 is 20.1 Å². The number of ketones is 2. The van der Waals surface area contributed by atoms with Crippen molar-refractivity contribution in [2.24, 2.45) is 0 Å². The summed E-state index contributed by atoms with van der Waals surface area (Å²) in [5, 5.41) is 27.6. The number of hydrogen-bond acceptors (Lipinski definition) is 10. The van der Waals surface area contributed by atoms with Crippen molar-refractivity contribution in [3.8, 4) is 11.5 Å². The molecule has 10 nitrogen and oxygen atoms in total. The van der Waals surface area contributed by atoms with Gasteiger partial charge in [0.1, 0.15) is 25.4 Å². The number of aliphatic hydroxyl groups is 2. The maximum absolute atomic E-state index is 11.4. The molecule has 4 rings (SSSR count). The highest BCUT2D eigenvalue weighted by Gasteiger charge is 2.15. The molecule has 2 aromatic carbocycles. The van der Waals surface area contributed by atoms with E-state index < -0.39 is 12.2 Å². The molecule has 4 N–H and O–H groups in total. The number of rotatable bonds is 14. The van der Waals surface area contributed by atoms with Gasteiger partial charge in [-0.1, -0.05) is 52.0 Å². The van der Waals surface area contributed by atoms with Gasteiger partial charge in [-0.15, -0.1) is 0 Å². The number of Topliss-reactive ketones (excluding diaryl/α,β-unsaturated/α-hetero) is 2. The first-order valence-electron chi connectivity index (χ1n) is 14.1. The Morgan fingerprint density at radius 1 is 0.714 bits per heavy atom. The monoisotopic (exact) mass is 582 g/mol. The third kappa shape index (κ3) is 9.70. The summed E-state index contributed by atoms with van der Waals surface area (Å²) in [6, 6.07) is 14.9. The fourth-order valence-electron chi connectivity index (χ4n) is 3.88. The normalized spacial score (nSPS) is 12.8. The topological polar surface area (TPSA) is 143 Å². The van der Waals surface area contributed by atoms with Gasteiger partial charge >= 0.3 is 0 Å². The molecule has 0 aliphatic carbocycles. The minimum Gasteiger partial charge on any atom is -0.487 e. The molecule has 2 unspecified atom stereocenters. The molecule has 0 fully saturated rings. The second-order valence-electron chi connectivity index (χ2n) is 10.7. The van der Waals surface area contributed by atoms with Crippen molar-refractivity contribution in [3.63, 3.8) is 0 Å². The summed E-state index contributed by atoms with van der Waals surface area (Å²) in [6.45, 7) is 12.2. The lowest BCUT2D eigenvalue weighted by atomic mass is 10.2. The van der Waals surface area contributed by atoms with Crippen molar-refractivity contribution in [3.05, 3.63) is 60.1 Å². The van der Waals surface area contributed by atoms with Crippen LogP contribution in [0.25, 0.3) is 21.9 Å². The smallest absolute Gasteiger partial charge is 0.194 e. The van der Waals surface area contributed by atoms with Gasteiger partial charge in [-0.2, -0.15) is 0 Å². The van der Waals surface area contributed by atoms with Crippen molar-refractivity contribution < 1.29 is 38.1 Å². The van der Waals surface area contributed by atoms with Crippen LogP contribution in [0, 0.1) is 0 Å². The Kier molecular flexibility index (Phi) is 12.1. The Morgan fingerprint density at radius 2 is 1.10 bits per heavy atom. The van der Waals surface area contributed by atoms with E-state index in [4.69, 9.17) is 18.3 Å². The van der Waals surface area contributed by atoms with E-state index in [-0.39, 0.29) is 24.8 Å². The molecule has 2 aromatic heterocycles. The molecule has 228 valence electrons. The highest BCUT2D eigenvalue weighted by atomic mass is 16.5. The summed E-state index contributed by atoms with van der Waals surface area (Å²) >= 11 is 0. The molecular formula is C32H42N2O8. The third-order valence-electron chi connectivity index (χ3n) is 6.10. The lowest BCUT2D eigenvalue weighted by Crippen LogP contribution is -2.35. The van der Waals surface area contributed by atoms with E-state index in [1.165, 1.54) is 13.8 Å². The van der Waals surface area contributed by atoms with Crippen LogP contribution in [0.3, 0.4) is 0 Å². The minimum absolute atomic E-state index is 0.127. The van der Waals surface area contributed by atoms with Crippen LogP contribution in [-0.4, -0.2) is 72.4 Å². The van der Waals surface area contributed by atoms with Crippen LogP contribution in [0.5, 0.6) is 11.5 Å². The summed E-state index contributed by atoms with van der Waals surface area (Å²) in [4.78, 5) is 22.7. The molecule has 42 heavy (non-hydrogen) atoms. The molecule has 0 aliphatic rings. The molecule has 0 radical (unpaired) electrons. The van der Waals surface area contributed by atoms with E-state index >= 15 is 0 Å². The Balaban J connectivity index is 0.000000230. The highest BCUT2D eigenvalue weighted by molar-refractivity contribution is 5.97. The summed E-state index contributed by atoms with van der Waals surface area (Å²) in [5.74, 6) is 1.43. The summed E-state index contributed by atoms with van der Waals surface area (Å²) in [6.07, 6.45) is -1.21. The Bertz CT molecular complexity index is 1350. The number of carbonyl (C=O) groups is 2. The SMILES string of the molecule is CC(=O)c1cc2cccc(OCC(O)CNC(C)C)c2o1.CC(=O)c1cc2cccc(OCC(O)CNC(C)C)c2o1. The average Bonchev–Trinajstić information content (AvgIpc) is 3.59. The number of carbonyl (C=O) groups excluding carboxylic acids is 2. The van der Waals surface area contributed by atoms with Gasteiger partial charge in [0.25, 0.3) is 0 Å². The minimum atomic E-state index is -0.607. The van der Waals surface area contributed by atoms with Crippen LogP contribution in [-0.2, 0) is 0 Å². The van der Waals surface area contributed by atoms with E-state index in [1.54, 1.807) is 24.3 Å². The number of furan rings is 2. The van der Waals surface area contributed by atoms with Crippen LogP contribution in [0.15, 0.2) is 57.4 Å². The molecule has 0 amide bonds. The van der Waals surface area contributed by atoms with E-state index in [1.807, 2.05) is 52.0 Å². The summed E-state index contributed by atoms with van der Waals surface area (Å²) in [5.41, 5.74) is 1.07. The van der Waals surface area contributed by atoms with Crippen molar-refractivity contribution in [2.45, 2.75) is 65.8 Å². The fourth-order valence-corrected chi connectivity index (χ4v) is 3.88. The van der Waals surface area contributed by atoms with Gasteiger partial charge < -0.3 is 39.2 Å². The molecule has 0 aliphatic heterocycles. The lowest BCUT2D eigenvalue weighted by molar-refractivity contribution is 0.0979. The highest BCUT2D eigenvalue weighted by Crippen LogP contribution is 2.30. The number of fused-ring (bicyclic) bond motifs is 2. The van der Waals surface area contributed by atoms with Crippen LogP contribution in [0.2, 0.25) is 0 Å². The molecule has 2 heterocycles. The van der Waals surface area contributed by atoms with Crippen molar-refractivity contribution in [1.82, 2.24) is 10.6 Å². The molecule has 2 atom stereocenters. The molecule has 0 spiro atoms. The van der Waals surface area contributed by atoms with Crippen molar-refractivity contribution in [2.75, 3.05) is 26.3 Å². The quantitative estimate of drug-likeness (QED) is 0.154. The first kappa shape index (κ1) is 32.8. The van der Waals surface area contributed by atoms with Crippen LogP contribution >= 0.6 is 0 Å². The second-order valence-corrected chi connectivity index (χ2v) is 10.7. The lowest BCUT2D eigenvalue weighted by Gasteiger charge is -2.15. The predicted octanol–water partition coefficient (Wildman–Crippen LogP) is 4.75. The molecule has 0 saturated carbocycles. The maximum Gasteiger partial charge on any atom is 0.194 e. The Hall–Kier alpha value is -3.70. The zero-order valence-electron chi connectivity index (χ0n) is 25.1. The number of hydrogen-bond donors (Lipinski definition) is 4. The van der Waals surface area contributed by atoms with Crippen molar-refractivity contribution in [1.29, 1.82) is 0 Å². The van der Waals surface area contributed by atoms with Crippen LogP contribution in [0.4, 0.5) is 0 Å². The Labute approximate surface area is 246 Å². The first-order valence-corrected chi connectivity index (χ1v) is 14.1. The number of nitrogens with one attached hydrogen (secondary N) is 2. The van der Waals surface area contributed by atoms with Gasteiger partial charge in [0.2, 0.25) is 0 Å². The van der Waals surface area contributed by atoms with Gasteiger partial charge in [-0.05, 0) is 24.3 Å². The Morgan fingerprint density at radius 3 is 1.43 bits per heavy atom. The van der Waals surface area contributed by atoms with Gasteiger partial charge in [0.05, 0.1) is 0 Å². The second kappa shape index (κ2) is 15.5. The number of para-hydroxylation sites is 2. The zero-order valence-corrected chi connectivity index (χ0v) is 25.1. The molecule has 10 heteroatoms. The van der Waals surface area contributed by atoms with Crippen LogP contribution in [0.1, 0.15) is 62.7 Å². The predicted molar refractivity (Wildman–Crippen MR) is 162 cm³/mol. The molecule has 4 aromatic rings. The van der Waals surface area contributed by atoms with Gasteiger partial charge in [0, 0.05) is 49.8 Å². The van der Waals surface area contributed by atoms with E-state index in [2.05, 4.69) is 10.6 Å². The largest absolute Gasteiger partial charge is 0.487 e. The van der Waals surface area contributed by atoms with Gasteiger partial charge in [-0.25, -0.2) is 0 Å². The molecule has 0 saturated heterocycles. The standard InChI is InChI=1S/2C16H21NO4/c2*1-10(2)17-8-13(19)9-20-14-6-4-5-12-7-15(11(3)18)21-16(12)14/h2*4-7,10,13,17,19H,8-9H2,1-3H3. The molecule has 0 bridgehead atoms. The van der Waals surface area contributed by atoms with E-state index in [0.29, 0.717) is 59.4 Å². The fraction of sp³-hybridized carbons (Fsp3) is 0.438. The number of aliphatic hydroxyl groups excluding tert-OH is 2. The summed E-state index contributed by atoms with van der Waals surface area (Å²) in [7, 11) is 0. The average molecular weight is 583 g/mol. The van der Waals surface area contributed by atoms with E-state index in [9.17, 15) is 19.8 Å². The zero-order chi connectivity index (χ0) is 30.8. The van der Waals surface area contributed by atoms with Crippen molar-refractivity contribution >= 4 is 33.5 Å². The summed E-state index contributed by atoms with van der Waals surface area (Å²) < 4.78 is 22.3. The van der Waals surface area contributed by atoms with E-state index in [0.717, 1.165) is 10.8 Å². The van der Waals surface area contributed by atoms with Gasteiger partial charge in [-0.3, -0.25) is 9.59 Å². The third-order valence-corrected chi connectivity index (χ3v) is 6.10. The first-order chi connectivity index (χ1) is 19.9. The number of ether oxygens (including phenoxy) is 2. The number of benzene rings is 2. The van der Waals surface area contributed by atoms with Gasteiger partial charge in [0.15, 0.2) is 45.8 Å². The maximum atomic E-state index is 11.4.